The lowest BCUT2D eigenvalue weighted by atomic mass is 9.85. The van der Waals surface area contributed by atoms with E-state index >= 15 is 0 Å². The van der Waals surface area contributed by atoms with Crippen LogP contribution in [0.15, 0.2) is 0 Å². The van der Waals surface area contributed by atoms with Crippen molar-refractivity contribution >= 4 is 0 Å². The largest absolute Gasteiger partial charge is 0.328 e. The lowest BCUT2D eigenvalue weighted by Crippen LogP contribution is -2.27. The van der Waals surface area contributed by atoms with Gasteiger partial charge in [-0.1, -0.05) is 6.42 Å². The molecular weight excluding hydrogens is 124 g/mol. The van der Waals surface area contributed by atoms with Gasteiger partial charge in [-0.05, 0) is 25.2 Å². The SMILES string of the molecule is N#CC[C@H]1CCC[C@H](N)C1. The molecule has 0 aromatic carbocycles. The summed E-state index contributed by atoms with van der Waals surface area (Å²) in [4.78, 5) is 0. The Morgan fingerprint density at radius 2 is 2.30 bits per heavy atom. The van der Waals surface area contributed by atoms with Crippen LogP contribution in [0.5, 0.6) is 0 Å². The summed E-state index contributed by atoms with van der Waals surface area (Å²) < 4.78 is 0. The molecule has 1 saturated carbocycles. The lowest BCUT2D eigenvalue weighted by Gasteiger charge is -2.24. The smallest absolute Gasteiger partial charge is 0.0624 e. The van der Waals surface area contributed by atoms with E-state index in [-0.39, 0.29) is 0 Å². The van der Waals surface area contributed by atoms with E-state index in [1.165, 1.54) is 12.8 Å². The molecule has 0 saturated heterocycles. The molecule has 2 N–H and O–H groups in total. The average Bonchev–Trinajstić information content (AvgIpc) is 1.88. The van der Waals surface area contributed by atoms with Crippen LogP contribution >= 0.6 is 0 Å². The van der Waals surface area contributed by atoms with Gasteiger partial charge in [0.1, 0.15) is 0 Å². The predicted octanol–water partition coefficient (Wildman–Crippen LogP) is 1.42. The number of hydrogen-bond acceptors (Lipinski definition) is 2. The van der Waals surface area contributed by atoms with Crippen LogP contribution in [0, 0.1) is 17.2 Å². The van der Waals surface area contributed by atoms with E-state index in [1.807, 2.05) is 0 Å². The summed E-state index contributed by atoms with van der Waals surface area (Å²) in [6.45, 7) is 0. The van der Waals surface area contributed by atoms with E-state index < -0.39 is 0 Å². The maximum absolute atomic E-state index is 8.41. The van der Waals surface area contributed by atoms with Crippen LogP contribution in [0.2, 0.25) is 0 Å². The van der Waals surface area contributed by atoms with E-state index in [1.54, 1.807) is 0 Å². The zero-order chi connectivity index (χ0) is 7.40. The summed E-state index contributed by atoms with van der Waals surface area (Å²) in [6.07, 6.45) is 5.35. The van der Waals surface area contributed by atoms with Gasteiger partial charge in [0.15, 0.2) is 0 Å². The molecule has 56 valence electrons. The summed E-state index contributed by atoms with van der Waals surface area (Å²) >= 11 is 0. The first-order valence-corrected chi connectivity index (χ1v) is 3.95. The quantitative estimate of drug-likeness (QED) is 0.595. The van der Waals surface area contributed by atoms with Gasteiger partial charge in [-0.2, -0.15) is 5.26 Å². The third-order valence-corrected chi connectivity index (χ3v) is 2.20. The Hall–Kier alpha value is -0.550. The number of nitrogens with two attached hydrogens (primary N) is 1. The van der Waals surface area contributed by atoms with Gasteiger partial charge < -0.3 is 5.73 Å². The second kappa shape index (κ2) is 3.58. The molecule has 0 aromatic rings. The molecule has 0 unspecified atom stereocenters. The molecule has 0 spiro atoms. The molecule has 0 bridgehead atoms. The van der Waals surface area contributed by atoms with Gasteiger partial charge in [0.25, 0.3) is 0 Å². The first-order chi connectivity index (χ1) is 4.83. The van der Waals surface area contributed by atoms with E-state index in [0.717, 1.165) is 12.8 Å². The number of nitriles is 1. The Bertz CT molecular complexity index is 137. The molecule has 0 aromatic heterocycles. The van der Waals surface area contributed by atoms with Gasteiger partial charge in [0, 0.05) is 12.5 Å². The molecular formula is C8H14N2. The molecule has 0 aliphatic heterocycles. The van der Waals surface area contributed by atoms with Crippen molar-refractivity contribution < 1.29 is 0 Å². The molecule has 0 heterocycles. The van der Waals surface area contributed by atoms with E-state index in [4.69, 9.17) is 11.0 Å². The van der Waals surface area contributed by atoms with Crippen LogP contribution in [0.25, 0.3) is 0 Å². The molecule has 1 fully saturated rings. The van der Waals surface area contributed by atoms with Crippen molar-refractivity contribution in [3.63, 3.8) is 0 Å². The first-order valence-electron chi connectivity index (χ1n) is 3.95. The van der Waals surface area contributed by atoms with Gasteiger partial charge >= 0.3 is 0 Å². The number of nitrogens with zero attached hydrogens (tertiary/aromatic N) is 1. The fourth-order valence-corrected chi connectivity index (χ4v) is 1.65. The maximum atomic E-state index is 8.41. The zero-order valence-electron chi connectivity index (χ0n) is 6.21. The van der Waals surface area contributed by atoms with Crippen LogP contribution in [0.4, 0.5) is 0 Å². The van der Waals surface area contributed by atoms with Crippen molar-refractivity contribution in [1.29, 1.82) is 5.26 Å². The molecule has 2 heteroatoms. The zero-order valence-corrected chi connectivity index (χ0v) is 6.21. The Morgan fingerprint density at radius 3 is 2.90 bits per heavy atom. The van der Waals surface area contributed by atoms with Crippen molar-refractivity contribution in [1.82, 2.24) is 0 Å². The fourth-order valence-electron chi connectivity index (χ4n) is 1.65. The monoisotopic (exact) mass is 138 g/mol. The summed E-state index contributed by atoms with van der Waals surface area (Å²) in [5.41, 5.74) is 5.75. The average molecular weight is 138 g/mol. The van der Waals surface area contributed by atoms with Crippen molar-refractivity contribution in [3.05, 3.63) is 0 Å². The Kier molecular flexibility index (Phi) is 2.70. The van der Waals surface area contributed by atoms with Gasteiger partial charge in [0.2, 0.25) is 0 Å². The second-order valence-corrected chi connectivity index (χ2v) is 3.15. The highest BCUT2D eigenvalue weighted by Gasteiger charge is 2.18. The summed E-state index contributed by atoms with van der Waals surface area (Å²) in [5.74, 6) is 0.591. The van der Waals surface area contributed by atoms with E-state index in [2.05, 4.69) is 6.07 Å². The van der Waals surface area contributed by atoms with Crippen molar-refractivity contribution in [3.8, 4) is 6.07 Å². The minimum atomic E-state index is 0.368. The minimum absolute atomic E-state index is 0.368. The maximum Gasteiger partial charge on any atom is 0.0624 e. The lowest BCUT2D eigenvalue weighted by molar-refractivity contribution is 0.327. The third-order valence-electron chi connectivity index (χ3n) is 2.20. The molecule has 2 atom stereocenters. The molecule has 1 rings (SSSR count). The summed E-state index contributed by atoms with van der Waals surface area (Å²) in [7, 11) is 0. The Labute approximate surface area is 62.0 Å². The Morgan fingerprint density at radius 1 is 1.50 bits per heavy atom. The minimum Gasteiger partial charge on any atom is -0.328 e. The molecule has 1 aliphatic rings. The highest BCUT2D eigenvalue weighted by atomic mass is 14.6. The second-order valence-electron chi connectivity index (χ2n) is 3.15. The topological polar surface area (TPSA) is 49.8 Å². The third kappa shape index (κ3) is 2.00. The van der Waals surface area contributed by atoms with Crippen LogP contribution in [-0.4, -0.2) is 6.04 Å². The van der Waals surface area contributed by atoms with Crippen molar-refractivity contribution in [2.24, 2.45) is 11.7 Å². The van der Waals surface area contributed by atoms with Crippen LogP contribution in [-0.2, 0) is 0 Å². The number of hydrogen-bond donors (Lipinski definition) is 1. The van der Waals surface area contributed by atoms with Crippen LogP contribution in [0.3, 0.4) is 0 Å². The molecule has 0 amide bonds. The fraction of sp³-hybridized carbons (Fsp3) is 0.875. The normalized spacial score (nSPS) is 33.2. The Balaban J connectivity index is 2.27. The highest BCUT2D eigenvalue weighted by molar-refractivity contribution is 4.82. The van der Waals surface area contributed by atoms with Crippen LogP contribution in [0.1, 0.15) is 32.1 Å². The summed E-state index contributed by atoms with van der Waals surface area (Å²) in [6, 6.07) is 2.57. The number of rotatable bonds is 1. The van der Waals surface area contributed by atoms with Crippen molar-refractivity contribution in [2.45, 2.75) is 38.1 Å². The first kappa shape index (κ1) is 7.56. The molecule has 0 radical (unpaired) electrons. The van der Waals surface area contributed by atoms with E-state index in [0.29, 0.717) is 18.4 Å². The van der Waals surface area contributed by atoms with Gasteiger partial charge in [-0.3, -0.25) is 0 Å². The van der Waals surface area contributed by atoms with Gasteiger partial charge in [-0.25, -0.2) is 0 Å². The van der Waals surface area contributed by atoms with Crippen LogP contribution < -0.4 is 5.73 Å². The molecule has 10 heavy (non-hydrogen) atoms. The highest BCUT2D eigenvalue weighted by Crippen LogP contribution is 2.24. The van der Waals surface area contributed by atoms with Crippen molar-refractivity contribution in [2.75, 3.05) is 0 Å². The summed E-state index contributed by atoms with van der Waals surface area (Å²) in [5, 5.41) is 8.41. The van der Waals surface area contributed by atoms with E-state index in [9.17, 15) is 0 Å². The van der Waals surface area contributed by atoms with Gasteiger partial charge in [0.05, 0.1) is 6.07 Å². The molecule has 1 aliphatic carbocycles. The van der Waals surface area contributed by atoms with Gasteiger partial charge in [-0.15, -0.1) is 0 Å². The predicted molar refractivity (Wildman–Crippen MR) is 40.2 cm³/mol. The molecule has 2 nitrogen and oxygen atoms in total. The standard InChI is InChI=1S/C8H14N2/c9-5-4-7-2-1-3-8(10)6-7/h7-8H,1-4,6,10H2/t7-,8+/m1/s1.